The molecule has 1 aliphatic rings. The number of piperidine rings is 1. The molecule has 1 aromatic rings. The van der Waals surface area contributed by atoms with E-state index in [0.717, 1.165) is 37.3 Å². The van der Waals surface area contributed by atoms with Crippen LogP contribution < -0.4 is 10.2 Å². The molecular weight excluding hydrogens is 254 g/mol. The minimum atomic E-state index is -0.329. The molecule has 1 saturated heterocycles. The standard InChI is InChI=1S/C15H23N3O2/c1-4-15(2)5-7-17(8-6-15)13-9-12(16-3)10-14(11-13)18(19)20/h9-11,16H,4-8H2,1-3H3. The zero-order valence-electron chi connectivity index (χ0n) is 12.5. The fourth-order valence-corrected chi connectivity index (χ4v) is 2.69. The summed E-state index contributed by atoms with van der Waals surface area (Å²) >= 11 is 0. The number of nitro groups is 1. The molecule has 1 aliphatic heterocycles. The summed E-state index contributed by atoms with van der Waals surface area (Å²) < 4.78 is 0. The molecular formula is C15H23N3O2. The predicted molar refractivity (Wildman–Crippen MR) is 82.5 cm³/mol. The van der Waals surface area contributed by atoms with Gasteiger partial charge in [0.25, 0.3) is 5.69 Å². The number of nitrogens with zero attached hydrogens (tertiary/aromatic N) is 2. The molecule has 0 saturated carbocycles. The van der Waals surface area contributed by atoms with Crippen molar-refractivity contribution >= 4 is 17.1 Å². The number of hydrogen-bond donors (Lipinski definition) is 1. The third-order valence-corrected chi connectivity index (χ3v) is 4.59. The van der Waals surface area contributed by atoms with Crippen molar-refractivity contribution in [2.75, 3.05) is 30.4 Å². The molecule has 1 N–H and O–H groups in total. The Bertz CT molecular complexity index is 494. The molecule has 0 radical (unpaired) electrons. The Labute approximate surface area is 120 Å². The van der Waals surface area contributed by atoms with Crippen LogP contribution in [0.3, 0.4) is 0 Å². The Balaban J connectivity index is 2.21. The highest BCUT2D eigenvalue weighted by Crippen LogP contribution is 2.37. The Morgan fingerprint density at radius 2 is 2.00 bits per heavy atom. The van der Waals surface area contributed by atoms with Crippen molar-refractivity contribution in [2.45, 2.75) is 33.1 Å². The molecule has 0 spiro atoms. The fraction of sp³-hybridized carbons (Fsp3) is 0.600. The number of non-ortho nitro benzene ring substituents is 1. The van der Waals surface area contributed by atoms with E-state index in [1.54, 1.807) is 19.2 Å². The second-order valence-electron chi connectivity index (χ2n) is 5.90. The van der Waals surface area contributed by atoms with Crippen molar-refractivity contribution in [3.8, 4) is 0 Å². The van der Waals surface area contributed by atoms with E-state index in [9.17, 15) is 10.1 Å². The molecule has 2 rings (SSSR count). The number of nitrogens with one attached hydrogen (secondary N) is 1. The Morgan fingerprint density at radius 1 is 1.35 bits per heavy atom. The van der Waals surface area contributed by atoms with Crippen LogP contribution in [0.5, 0.6) is 0 Å². The number of nitro benzene ring substituents is 1. The molecule has 0 aromatic heterocycles. The van der Waals surface area contributed by atoms with E-state index < -0.39 is 0 Å². The van der Waals surface area contributed by atoms with Gasteiger partial charge in [0.1, 0.15) is 0 Å². The Hall–Kier alpha value is -1.78. The summed E-state index contributed by atoms with van der Waals surface area (Å²) in [4.78, 5) is 12.9. The molecule has 5 nitrogen and oxygen atoms in total. The summed E-state index contributed by atoms with van der Waals surface area (Å²) in [6.45, 7) is 6.50. The van der Waals surface area contributed by atoms with Crippen LogP contribution >= 0.6 is 0 Å². The average Bonchev–Trinajstić information content (AvgIpc) is 2.47. The first-order chi connectivity index (χ1) is 9.47. The van der Waals surface area contributed by atoms with Gasteiger partial charge in [-0.15, -0.1) is 0 Å². The third kappa shape index (κ3) is 3.03. The van der Waals surface area contributed by atoms with Gasteiger partial charge in [0.15, 0.2) is 0 Å². The van der Waals surface area contributed by atoms with Gasteiger partial charge in [-0.2, -0.15) is 0 Å². The molecule has 0 bridgehead atoms. The van der Waals surface area contributed by atoms with Gasteiger partial charge in [-0.25, -0.2) is 0 Å². The lowest BCUT2D eigenvalue weighted by atomic mass is 9.78. The summed E-state index contributed by atoms with van der Waals surface area (Å²) in [5.41, 5.74) is 2.30. The van der Waals surface area contributed by atoms with Crippen molar-refractivity contribution in [1.29, 1.82) is 0 Å². The molecule has 110 valence electrons. The van der Waals surface area contributed by atoms with E-state index in [4.69, 9.17) is 0 Å². The fourth-order valence-electron chi connectivity index (χ4n) is 2.69. The number of anilines is 2. The summed E-state index contributed by atoms with van der Waals surface area (Å²) in [6, 6.07) is 5.24. The smallest absolute Gasteiger partial charge is 0.273 e. The largest absolute Gasteiger partial charge is 0.388 e. The zero-order chi connectivity index (χ0) is 14.8. The Morgan fingerprint density at radius 3 is 2.50 bits per heavy atom. The van der Waals surface area contributed by atoms with Crippen LogP contribution in [0.1, 0.15) is 33.1 Å². The van der Waals surface area contributed by atoms with E-state index in [-0.39, 0.29) is 10.6 Å². The lowest BCUT2D eigenvalue weighted by Crippen LogP contribution is -2.38. The van der Waals surface area contributed by atoms with Gasteiger partial charge in [0.05, 0.1) is 4.92 Å². The van der Waals surface area contributed by atoms with Gasteiger partial charge in [-0.3, -0.25) is 10.1 Å². The highest BCUT2D eigenvalue weighted by molar-refractivity contribution is 5.64. The summed E-state index contributed by atoms with van der Waals surface area (Å²) in [5, 5.41) is 14.0. The normalized spacial score (nSPS) is 17.9. The zero-order valence-corrected chi connectivity index (χ0v) is 12.5. The van der Waals surface area contributed by atoms with Crippen LogP contribution in [0, 0.1) is 15.5 Å². The maximum Gasteiger partial charge on any atom is 0.273 e. The molecule has 0 atom stereocenters. The van der Waals surface area contributed by atoms with Crippen LogP contribution in [0.2, 0.25) is 0 Å². The van der Waals surface area contributed by atoms with Gasteiger partial charge < -0.3 is 10.2 Å². The van der Waals surface area contributed by atoms with Crippen LogP contribution in [0.25, 0.3) is 0 Å². The maximum absolute atomic E-state index is 11.0. The number of hydrogen-bond acceptors (Lipinski definition) is 4. The van der Waals surface area contributed by atoms with Gasteiger partial charge in [0.2, 0.25) is 0 Å². The second kappa shape index (κ2) is 5.69. The predicted octanol–water partition coefficient (Wildman–Crippen LogP) is 3.65. The summed E-state index contributed by atoms with van der Waals surface area (Å²) in [5.74, 6) is 0. The average molecular weight is 277 g/mol. The molecule has 1 heterocycles. The molecule has 0 amide bonds. The lowest BCUT2D eigenvalue weighted by molar-refractivity contribution is -0.384. The van der Waals surface area contributed by atoms with E-state index >= 15 is 0 Å². The van der Waals surface area contributed by atoms with E-state index in [2.05, 4.69) is 24.1 Å². The van der Waals surface area contributed by atoms with Crippen molar-refractivity contribution in [2.24, 2.45) is 5.41 Å². The van der Waals surface area contributed by atoms with Crippen LogP contribution in [-0.2, 0) is 0 Å². The highest BCUT2D eigenvalue weighted by Gasteiger charge is 2.28. The van der Waals surface area contributed by atoms with Gasteiger partial charge in [0, 0.05) is 43.6 Å². The van der Waals surface area contributed by atoms with Gasteiger partial charge in [-0.05, 0) is 24.3 Å². The number of benzene rings is 1. The highest BCUT2D eigenvalue weighted by atomic mass is 16.6. The minimum absolute atomic E-state index is 0.149. The van der Waals surface area contributed by atoms with Crippen molar-refractivity contribution in [3.63, 3.8) is 0 Å². The molecule has 0 aliphatic carbocycles. The molecule has 20 heavy (non-hydrogen) atoms. The first-order valence-electron chi connectivity index (χ1n) is 7.19. The summed E-state index contributed by atoms with van der Waals surface area (Å²) in [6.07, 6.45) is 3.47. The Kier molecular flexibility index (Phi) is 4.16. The lowest BCUT2D eigenvalue weighted by Gasteiger charge is -2.40. The topological polar surface area (TPSA) is 58.4 Å². The van der Waals surface area contributed by atoms with Crippen LogP contribution in [-0.4, -0.2) is 25.1 Å². The second-order valence-corrected chi connectivity index (χ2v) is 5.90. The summed E-state index contributed by atoms with van der Waals surface area (Å²) in [7, 11) is 1.78. The minimum Gasteiger partial charge on any atom is -0.388 e. The van der Waals surface area contributed by atoms with E-state index in [0.29, 0.717) is 5.41 Å². The van der Waals surface area contributed by atoms with Crippen molar-refractivity contribution in [3.05, 3.63) is 28.3 Å². The van der Waals surface area contributed by atoms with Crippen LogP contribution in [0.15, 0.2) is 18.2 Å². The SMILES string of the molecule is CCC1(C)CCN(c2cc(NC)cc([N+](=O)[O-])c2)CC1. The van der Waals surface area contributed by atoms with Gasteiger partial charge in [-0.1, -0.05) is 20.3 Å². The van der Waals surface area contributed by atoms with E-state index in [1.165, 1.54) is 6.42 Å². The molecule has 0 unspecified atom stereocenters. The quantitative estimate of drug-likeness (QED) is 0.674. The van der Waals surface area contributed by atoms with Crippen LogP contribution in [0.4, 0.5) is 17.1 Å². The van der Waals surface area contributed by atoms with Crippen molar-refractivity contribution < 1.29 is 4.92 Å². The monoisotopic (exact) mass is 277 g/mol. The molecule has 5 heteroatoms. The van der Waals surface area contributed by atoms with Crippen molar-refractivity contribution in [1.82, 2.24) is 0 Å². The number of rotatable bonds is 4. The molecule has 1 aromatic carbocycles. The van der Waals surface area contributed by atoms with E-state index in [1.807, 2.05) is 6.07 Å². The molecule has 1 fully saturated rings. The first-order valence-corrected chi connectivity index (χ1v) is 7.19. The third-order valence-electron chi connectivity index (χ3n) is 4.59. The maximum atomic E-state index is 11.0. The first kappa shape index (κ1) is 14.6. The van der Waals surface area contributed by atoms with Gasteiger partial charge >= 0.3 is 0 Å².